The fourth-order valence-corrected chi connectivity index (χ4v) is 7.70. The molecule has 1 N–H and O–H groups in total. The van der Waals surface area contributed by atoms with Crippen LogP contribution in [0.15, 0.2) is 94.3 Å². The zero-order chi connectivity index (χ0) is 37.9. The van der Waals surface area contributed by atoms with Crippen LogP contribution in [-0.4, -0.2) is 123 Å². The molecule has 0 saturated carbocycles. The lowest BCUT2D eigenvalue weighted by Crippen LogP contribution is -2.59. The van der Waals surface area contributed by atoms with Crippen molar-refractivity contribution in [2.24, 2.45) is 15.4 Å². The minimum atomic E-state index is -0.648. The molecule has 0 aliphatic carbocycles. The highest BCUT2D eigenvalue weighted by atomic mass is 16.5. The quantitative estimate of drug-likeness (QED) is 0.223. The highest BCUT2D eigenvalue weighted by Gasteiger charge is 2.43. The van der Waals surface area contributed by atoms with Crippen molar-refractivity contribution in [3.8, 4) is 5.75 Å². The van der Waals surface area contributed by atoms with Crippen LogP contribution in [0.4, 0.5) is 0 Å². The Bertz CT molecular complexity index is 1760. The lowest BCUT2D eigenvalue weighted by atomic mass is 9.72. The predicted molar refractivity (Wildman–Crippen MR) is 206 cm³/mol. The van der Waals surface area contributed by atoms with Crippen molar-refractivity contribution in [2.45, 2.75) is 43.6 Å². The number of hydrogen-bond donors (Lipinski definition) is 1. The molecule has 13 nitrogen and oxygen atoms in total. The van der Waals surface area contributed by atoms with Gasteiger partial charge in [-0.1, -0.05) is 66.7 Å². The van der Waals surface area contributed by atoms with Crippen LogP contribution in [0.1, 0.15) is 65.2 Å². The monoisotopic (exact) mass is 736 g/mol. The number of nitrogens with one attached hydrogen (secondary N) is 1. The molecular weight excluding hydrogens is 685 g/mol. The largest absolute Gasteiger partial charge is 0.496 e. The number of likely N-dealkylation sites (tertiary alicyclic amines) is 1. The van der Waals surface area contributed by atoms with Gasteiger partial charge in [0.1, 0.15) is 11.8 Å². The van der Waals surface area contributed by atoms with Crippen molar-refractivity contribution < 1.29 is 23.9 Å². The Morgan fingerprint density at radius 1 is 0.926 bits per heavy atom. The summed E-state index contributed by atoms with van der Waals surface area (Å²) in [5, 5.41) is 13.7. The Morgan fingerprint density at radius 3 is 2.28 bits per heavy atom. The van der Waals surface area contributed by atoms with E-state index in [4.69, 9.17) is 9.47 Å². The van der Waals surface area contributed by atoms with Gasteiger partial charge in [-0.15, -0.1) is 5.10 Å². The van der Waals surface area contributed by atoms with Crippen molar-refractivity contribution in [3.63, 3.8) is 0 Å². The van der Waals surface area contributed by atoms with Gasteiger partial charge < -0.3 is 19.3 Å². The summed E-state index contributed by atoms with van der Waals surface area (Å²) in [7, 11) is 3.41. The van der Waals surface area contributed by atoms with Gasteiger partial charge in [0.15, 0.2) is 0 Å². The van der Waals surface area contributed by atoms with E-state index in [1.54, 1.807) is 24.3 Å². The third-order valence-corrected chi connectivity index (χ3v) is 10.9. The summed E-state index contributed by atoms with van der Waals surface area (Å²) in [5.41, 5.74) is 6.13. The number of piperidine rings is 1. The second-order valence-corrected chi connectivity index (χ2v) is 14.3. The van der Waals surface area contributed by atoms with Gasteiger partial charge in [-0.25, -0.2) is 5.01 Å². The second-order valence-electron chi connectivity index (χ2n) is 14.3. The van der Waals surface area contributed by atoms with Crippen LogP contribution in [-0.2, 0) is 19.7 Å². The van der Waals surface area contributed by atoms with E-state index in [9.17, 15) is 14.4 Å². The molecule has 0 spiro atoms. The Kier molecular flexibility index (Phi) is 13.2. The molecule has 0 radical (unpaired) electrons. The average molecular weight is 737 g/mol. The number of rotatable bonds is 15. The number of esters is 1. The van der Waals surface area contributed by atoms with Crippen LogP contribution in [0.25, 0.3) is 0 Å². The lowest BCUT2D eigenvalue weighted by Gasteiger charge is -2.43. The van der Waals surface area contributed by atoms with Gasteiger partial charge in [-0.3, -0.25) is 24.7 Å². The molecule has 286 valence electrons. The van der Waals surface area contributed by atoms with Gasteiger partial charge >= 0.3 is 5.97 Å². The fraction of sp³-hybridized carbons (Fsp3) is 0.463. The summed E-state index contributed by atoms with van der Waals surface area (Å²) in [6.45, 7) is 8.00. The Balaban J connectivity index is 1.09. The van der Waals surface area contributed by atoms with Gasteiger partial charge in [-0.05, 0) is 79.9 Å². The first kappa shape index (κ1) is 38.7. The van der Waals surface area contributed by atoms with Gasteiger partial charge in [0.2, 0.25) is 5.91 Å². The number of carbonyl (C=O) groups is 3. The number of hydrazine groups is 1. The molecule has 0 bridgehead atoms. The smallest absolute Gasteiger partial charge is 0.320 e. The molecule has 2 atom stereocenters. The van der Waals surface area contributed by atoms with E-state index in [-0.39, 0.29) is 36.3 Å². The number of nitrogens with zero attached hydrogens (tertiary/aromatic N) is 7. The summed E-state index contributed by atoms with van der Waals surface area (Å²) in [6.07, 6.45) is 3.89. The number of amides is 2. The van der Waals surface area contributed by atoms with Crippen LogP contribution in [0, 0.1) is 0 Å². The minimum absolute atomic E-state index is 0.0253. The topological polar surface area (TPSA) is 132 Å². The third-order valence-electron chi connectivity index (χ3n) is 10.9. The van der Waals surface area contributed by atoms with E-state index in [2.05, 4.69) is 54.9 Å². The molecule has 54 heavy (non-hydrogen) atoms. The maximum Gasteiger partial charge on any atom is 0.320 e. The molecule has 3 heterocycles. The molecule has 3 aromatic carbocycles. The van der Waals surface area contributed by atoms with Crippen molar-refractivity contribution in [1.29, 1.82) is 0 Å². The number of carbonyl (C=O) groups excluding carboxylic acids is 3. The van der Waals surface area contributed by atoms with Crippen molar-refractivity contribution in [3.05, 3.63) is 101 Å². The standard InChI is InChI=1S/C41H52N8O5/c1-4-54-38(50)30-48-23-25-49(26-24-48)44-40(52)41(34-13-9-6-10-14-34)18-21-47(22-19-41)20-17-33(31-11-7-5-8-12-31)29-46(2)39(51)35-27-32(15-16-37(35)53-3)36-28-42-45-43-36/h5-16,27-28,33,36H,4,17-26,29-30H2,1-3H3,(H,44,52)/t33-,36-/m1/s1. The molecule has 0 aromatic heterocycles. The van der Waals surface area contributed by atoms with Gasteiger partial charge in [0, 0.05) is 45.7 Å². The highest BCUT2D eigenvalue weighted by molar-refractivity contribution is 5.97. The summed E-state index contributed by atoms with van der Waals surface area (Å²) in [6, 6.07) is 25.7. The van der Waals surface area contributed by atoms with Crippen molar-refractivity contribution >= 4 is 24.0 Å². The molecule has 3 aromatic rings. The molecule has 3 aliphatic rings. The Morgan fingerprint density at radius 2 is 1.63 bits per heavy atom. The van der Waals surface area contributed by atoms with Crippen LogP contribution < -0.4 is 10.2 Å². The van der Waals surface area contributed by atoms with E-state index in [0.717, 1.165) is 37.2 Å². The molecule has 13 heteroatoms. The second kappa shape index (κ2) is 18.4. The molecule has 0 unspecified atom stereocenters. The van der Waals surface area contributed by atoms with E-state index in [0.29, 0.717) is 63.5 Å². The molecule has 2 saturated heterocycles. The minimum Gasteiger partial charge on any atom is -0.496 e. The van der Waals surface area contributed by atoms with Crippen LogP contribution in [0.5, 0.6) is 5.75 Å². The maximum atomic E-state index is 14.2. The van der Waals surface area contributed by atoms with Crippen LogP contribution in [0.3, 0.4) is 0 Å². The normalized spacial score (nSPS) is 19.3. The lowest BCUT2D eigenvalue weighted by molar-refractivity contribution is -0.145. The SMILES string of the molecule is CCOC(=O)CN1CCN(NC(=O)C2(c3ccccc3)CCN(CC[C@H](CN(C)C(=O)c3cc([C@H]4C=NN=N4)ccc3OC)c3ccccc3)CC2)CC1. The van der Waals surface area contributed by atoms with E-state index in [1.807, 2.05) is 67.5 Å². The average Bonchev–Trinajstić information content (AvgIpc) is 3.76. The Hall–Kier alpha value is -4.98. The summed E-state index contributed by atoms with van der Waals surface area (Å²) >= 11 is 0. The molecule has 6 rings (SSSR count). The first-order valence-electron chi connectivity index (χ1n) is 18.9. The zero-order valence-corrected chi connectivity index (χ0v) is 31.6. The van der Waals surface area contributed by atoms with Crippen LogP contribution in [0.2, 0.25) is 0 Å². The molecular formula is C41H52N8O5. The molecule has 2 amide bonds. The van der Waals surface area contributed by atoms with Crippen LogP contribution >= 0.6 is 0 Å². The van der Waals surface area contributed by atoms with Gasteiger partial charge in [0.05, 0.1) is 37.5 Å². The molecule has 3 aliphatic heterocycles. The summed E-state index contributed by atoms with van der Waals surface area (Å²) in [5.74, 6) is 0.285. The third kappa shape index (κ3) is 9.38. The highest BCUT2D eigenvalue weighted by Crippen LogP contribution is 2.37. The number of likely N-dealkylation sites (N-methyl/N-ethyl adjacent to an activating group) is 1. The number of methoxy groups -OCH3 is 1. The van der Waals surface area contributed by atoms with E-state index >= 15 is 0 Å². The zero-order valence-electron chi connectivity index (χ0n) is 31.6. The van der Waals surface area contributed by atoms with Crippen molar-refractivity contribution in [2.75, 3.05) is 79.7 Å². The summed E-state index contributed by atoms with van der Waals surface area (Å²) in [4.78, 5) is 46.4. The Labute approximate surface area is 318 Å². The van der Waals surface area contributed by atoms with E-state index < -0.39 is 5.41 Å². The van der Waals surface area contributed by atoms with Crippen molar-refractivity contribution in [1.82, 2.24) is 25.1 Å². The number of benzene rings is 3. The first-order chi connectivity index (χ1) is 26.3. The number of ether oxygens (including phenoxy) is 2. The number of piperazine rings is 1. The van der Waals surface area contributed by atoms with Gasteiger partial charge in [-0.2, -0.15) is 5.11 Å². The fourth-order valence-electron chi connectivity index (χ4n) is 7.70. The van der Waals surface area contributed by atoms with E-state index in [1.165, 1.54) is 5.56 Å². The molecule has 2 fully saturated rings. The maximum absolute atomic E-state index is 14.2. The first-order valence-corrected chi connectivity index (χ1v) is 18.9. The number of hydrogen-bond acceptors (Lipinski definition) is 11. The summed E-state index contributed by atoms with van der Waals surface area (Å²) < 4.78 is 10.7. The van der Waals surface area contributed by atoms with Gasteiger partial charge in [0.25, 0.3) is 5.91 Å². The predicted octanol–water partition coefficient (Wildman–Crippen LogP) is 4.68.